The lowest BCUT2D eigenvalue weighted by molar-refractivity contribution is -0.116. The van der Waals surface area contributed by atoms with Crippen molar-refractivity contribution in [2.75, 3.05) is 13.6 Å². The van der Waals surface area contributed by atoms with Gasteiger partial charge in [-0.1, -0.05) is 13.8 Å². The van der Waals surface area contributed by atoms with Crippen molar-refractivity contribution in [2.45, 2.75) is 39.5 Å². The third-order valence-corrected chi connectivity index (χ3v) is 2.17. The minimum atomic E-state index is 0.244. The third kappa shape index (κ3) is 3.92. The lowest BCUT2D eigenvalue weighted by atomic mass is 9.92. The van der Waals surface area contributed by atoms with E-state index in [0.717, 1.165) is 30.5 Å². The molecule has 0 spiro atoms. The summed E-state index contributed by atoms with van der Waals surface area (Å²) in [6.45, 7) is 4.63. The van der Waals surface area contributed by atoms with E-state index >= 15 is 0 Å². The monoisotopic (exact) mass is 198 g/mol. The molecule has 0 atom stereocenters. The Bertz CT molecular complexity index is 209. The average Bonchev–Trinajstić information content (AvgIpc) is 2.22. The van der Waals surface area contributed by atoms with E-state index in [2.05, 4.69) is 5.32 Å². The number of hydrogen-bond acceptors (Lipinski definition) is 3. The van der Waals surface area contributed by atoms with E-state index in [9.17, 15) is 4.79 Å². The van der Waals surface area contributed by atoms with E-state index < -0.39 is 0 Å². The summed E-state index contributed by atoms with van der Waals surface area (Å²) >= 11 is 0. The highest BCUT2D eigenvalue weighted by molar-refractivity contribution is 5.96. The molecule has 0 radical (unpaired) electrons. The van der Waals surface area contributed by atoms with Gasteiger partial charge < -0.3 is 11.1 Å². The molecule has 0 aromatic carbocycles. The summed E-state index contributed by atoms with van der Waals surface area (Å²) in [6, 6.07) is 0. The Balaban J connectivity index is 0.000000791. The molecule has 0 saturated heterocycles. The number of carbonyl (C=O) groups is 1. The highest BCUT2D eigenvalue weighted by Crippen LogP contribution is 2.20. The van der Waals surface area contributed by atoms with Crippen LogP contribution < -0.4 is 11.1 Å². The van der Waals surface area contributed by atoms with Gasteiger partial charge in [-0.2, -0.15) is 0 Å². The second kappa shape index (κ2) is 7.56. The molecule has 0 aromatic rings. The molecule has 0 unspecified atom stereocenters. The fraction of sp³-hybridized carbons (Fsp3) is 0.727. The summed E-state index contributed by atoms with van der Waals surface area (Å²) in [5, 5.41) is 2.95. The predicted molar refractivity (Wildman–Crippen MR) is 60.0 cm³/mol. The van der Waals surface area contributed by atoms with Gasteiger partial charge in [0.15, 0.2) is 5.78 Å². The molecule has 3 heteroatoms. The zero-order chi connectivity index (χ0) is 11.0. The van der Waals surface area contributed by atoms with Gasteiger partial charge in [0.2, 0.25) is 0 Å². The van der Waals surface area contributed by atoms with Crippen molar-refractivity contribution in [1.82, 2.24) is 5.32 Å². The maximum Gasteiger partial charge on any atom is 0.160 e. The van der Waals surface area contributed by atoms with Crippen LogP contribution in [-0.4, -0.2) is 19.4 Å². The highest BCUT2D eigenvalue weighted by Gasteiger charge is 2.17. The molecule has 3 N–H and O–H groups in total. The van der Waals surface area contributed by atoms with Crippen molar-refractivity contribution >= 4 is 5.78 Å². The standard InChI is InChI=1S/C9H16N2O.C2H6/c1-11-6-8(10)7-4-2-3-5-9(7)12;1-2/h11H,2-6,10H2,1H3;1-2H3/b8-7-;. The second-order valence-electron chi connectivity index (χ2n) is 3.16. The summed E-state index contributed by atoms with van der Waals surface area (Å²) in [7, 11) is 1.83. The Kier molecular flexibility index (Phi) is 7.11. The summed E-state index contributed by atoms with van der Waals surface area (Å²) in [6.07, 6.45) is 3.67. The normalized spacial score (nSPS) is 19.8. The van der Waals surface area contributed by atoms with Crippen LogP contribution >= 0.6 is 0 Å². The zero-order valence-electron chi connectivity index (χ0n) is 9.52. The largest absolute Gasteiger partial charge is 0.401 e. The lowest BCUT2D eigenvalue weighted by Crippen LogP contribution is -2.22. The van der Waals surface area contributed by atoms with Crippen LogP contribution in [0.1, 0.15) is 39.5 Å². The van der Waals surface area contributed by atoms with Gasteiger partial charge in [0.05, 0.1) is 0 Å². The van der Waals surface area contributed by atoms with Crippen LogP contribution in [-0.2, 0) is 4.79 Å². The fourth-order valence-electron chi connectivity index (χ4n) is 1.51. The van der Waals surface area contributed by atoms with Gasteiger partial charge in [-0.15, -0.1) is 0 Å². The Labute approximate surface area is 86.8 Å². The molecule has 0 heterocycles. The molecule has 14 heavy (non-hydrogen) atoms. The number of likely N-dealkylation sites (N-methyl/N-ethyl adjacent to an activating group) is 1. The summed E-state index contributed by atoms with van der Waals surface area (Å²) < 4.78 is 0. The van der Waals surface area contributed by atoms with Crippen LogP contribution in [0.15, 0.2) is 11.3 Å². The van der Waals surface area contributed by atoms with Crippen LogP contribution in [0.4, 0.5) is 0 Å². The van der Waals surface area contributed by atoms with Crippen LogP contribution in [0, 0.1) is 0 Å². The van der Waals surface area contributed by atoms with Gasteiger partial charge in [0, 0.05) is 24.2 Å². The Morgan fingerprint density at radius 1 is 1.36 bits per heavy atom. The van der Waals surface area contributed by atoms with Gasteiger partial charge >= 0.3 is 0 Å². The van der Waals surface area contributed by atoms with Crippen molar-refractivity contribution in [3.05, 3.63) is 11.3 Å². The lowest BCUT2D eigenvalue weighted by Gasteiger charge is -2.15. The number of nitrogens with one attached hydrogen (secondary N) is 1. The van der Waals surface area contributed by atoms with Gasteiger partial charge in [-0.3, -0.25) is 4.79 Å². The Morgan fingerprint density at radius 2 is 1.93 bits per heavy atom. The van der Waals surface area contributed by atoms with Gasteiger partial charge in [0.1, 0.15) is 0 Å². The smallest absolute Gasteiger partial charge is 0.160 e. The van der Waals surface area contributed by atoms with Crippen molar-refractivity contribution in [1.29, 1.82) is 0 Å². The van der Waals surface area contributed by atoms with E-state index in [4.69, 9.17) is 5.73 Å². The van der Waals surface area contributed by atoms with Crippen molar-refractivity contribution in [2.24, 2.45) is 5.73 Å². The van der Waals surface area contributed by atoms with Crippen LogP contribution in [0.3, 0.4) is 0 Å². The van der Waals surface area contributed by atoms with Crippen LogP contribution in [0.25, 0.3) is 0 Å². The average molecular weight is 198 g/mol. The number of allylic oxidation sites excluding steroid dienone is 1. The number of Topliss-reactive ketones (excluding diaryl/α,β-unsaturated/α-hetero) is 1. The summed E-state index contributed by atoms with van der Waals surface area (Å²) in [5.41, 5.74) is 7.33. The molecule has 82 valence electrons. The molecule has 0 aliphatic heterocycles. The Hall–Kier alpha value is -0.830. The quantitative estimate of drug-likeness (QED) is 0.662. The second-order valence-corrected chi connectivity index (χ2v) is 3.16. The van der Waals surface area contributed by atoms with Crippen LogP contribution in [0.2, 0.25) is 0 Å². The number of ketones is 1. The Morgan fingerprint density at radius 3 is 2.43 bits per heavy atom. The molecule has 0 bridgehead atoms. The first-order chi connectivity index (χ1) is 6.75. The molecule has 0 aromatic heterocycles. The predicted octanol–water partition coefficient (Wildman–Crippen LogP) is 1.59. The molecular weight excluding hydrogens is 176 g/mol. The third-order valence-electron chi connectivity index (χ3n) is 2.17. The molecule has 1 aliphatic carbocycles. The van der Waals surface area contributed by atoms with Crippen molar-refractivity contribution < 1.29 is 4.79 Å². The molecule has 0 amide bonds. The van der Waals surface area contributed by atoms with E-state index in [0.29, 0.717) is 13.0 Å². The molecule has 1 saturated carbocycles. The molecule has 3 nitrogen and oxygen atoms in total. The summed E-state index contributed by atoms with van der Waals surface area (Å²) in [4.78, 5) is 11.3. The van der Waals surface area contributed by atoms with Gasteiger partial charge in [-0.05, 0) is 26.3 Å². The van der Waals surface area contributed by atoms with Gasteiger partial charge in [-0.25, -0.2) is 0 Å². The number of rotatable bonds is 2. The van der Waals surface area contributed by atoms with Crippen molar-refractivity contribution in [3.63, 3.8) is 0 Å². The maximum atomic E-state index is 11.3. The summed E-state index contributed by atoms with van der Waals surface area (Å²) in [5.74, 6) is 0.244. The highest BCUT2D eigenvalue weighted by atomic mass is 16.1. The number of carbonyl (C=O) groups excluding carboxylic acids is 1. The number of nitrogens with two attached hydrogens (primary N) is 1. The van der Waals surface area contributed by atoms with E-state index in [1.807, 2.05) is 20.9 Å². The van der Waals surface area contributed by atoms with Crippen LogP contribution in [0.5, 0.6) is 0 Å². The topological polar surface area (TPSA) is 55.1 Å². The SMILES string of the molecule is CC.CNC/C(N)=C1\CCCCC1=O. The van der Waals surface area contributed by atoms with E-state index in [1.54, 1.807) is 0 Å². The van der Waals surface area contributed by atoms with E-state index in [-0.39, 0.29) is 5.78 Å². The van der Waals surface area contributed by atoms with Gasteiger partial charge in [0.25, 0.3) is 0 Å². The molecule has 1 fully saturated rings. The minimum Gasteiger partial charge on any atom is -0.401 e. The maximum absolute atomic E-state index is 11.3. The van der Waals surface area contributed by atoms with E-state index in [1.165, 1.54) is 0 Å². The first-order valence-electron chi connectivity index (χ1n) is 5.41. The minimum absolute atomic E-state index is 0.244. The molecular formula is C11H22N2O. The first-order valence-corrected chi connectivity index (χ1v) is 5.41. The first kappa shape index (κ1) is 13.2. The number of hydrogen-bond donors (Lipinski definition) is 2. The van der Waals surface area contributed by atoms with Crippen molar-refractivity contribution in [3.8, 4) is 0 Å². The molecule has 1 rings (SSSR count). The molecule has 1 aliphatic rings. The fourth-order valence-corrected chi connectivity index (χ4v) is 1.51. The zero-order valence-corrected chi connectivity index (χ0v) is 9.52.